The van der Waals surface area contributed by atoms with Crippen LogP contribution in [0.3, 0.4) is 0 Å². The van der Waals surface area contributed by atoms with E-state index in [0.29, 0.717) is 16.0 Å². The number of rotatable bonds is 7. The minimum Gasteiger partial charge on any atom is -0.316 e. The molecule has 0 aliphatic carbocycles. The van der Waals surface area contributed by atoms with E-state index in [1.807, 2.05) is 18.4 Å². The highest BCUT2D eigenvalue weighted by atomic mass is 32.2. The lowest BCUT2D eigenvalue weighted by molar-refractivity contribution is -0.117. The van der Waals surface area contributed by atoms with Crippen LogP contribution in [0.2, 0.25) is 0 Å². The summed E-state index contributed by atoms with van der Waals surface area (Å²) >= 11 is 1.22. The number of nitrogens with zero attached hydrogens (tertiary/aromatic N) is 2. The lowest BCUT2D eigenvalue weighted by atomic mass is 10.2. The number of thiazole rings is 1. The van der Waals surface area contributed by atoms with Crippen molar-refractivity contribution >= 4 is 47.1 Å². The molecule has 7 nitrogen and oxygen atoms in total. The first-order chi connectivity index (χ1) is 14.5. The van der Waals surface area contributed by atoms with E-state index >= 15 is 0 Å². The fourth-order valence-corrected chi connectivity index (χ4v) is 6.12. The maximum absolute atomic E-state index is 12.5. The van der Waals surface area contributed by atoms with Crippen LogP contribution in [0.4, 0.5) is 0 Å². The second kappa shape index (κ2) is 9.05. The van der Waals surface area contributed by atoms with E-state index in [-0.39, 0.29) is 22.0 Å². The SMILES string of the molecule is CCCn1c(=NC(=O)CCS(=O)(=O)c2ccc(C)cc2)sc2cc(S(C)(=O)=O)ccc21. The van der Waals surface area contributed by atoms with Gasteiger partial charge in [0.2, 0.25) is 5.91 Å². The molecule has 1 heterocycles. The van der Waals surface area contributed by atoms with E-state index in [9.17, 15) is 21.6 Å². The molecule has 0 saturated carbocycles. The molecule has 0 fully saturated rings. The number of carbonyl (C=O) groups excluding carboxylic acids is 1. The summed E-state index contributed by atoms with van der Waals surface area (Å²) in [7, 11) is -6.94. The van der Waals surface area contributed by atoms with Crippen molar-refractivity contribution in [3.63, 3.8) is 0 Å². The zero-order valence-corrected chi connectivity index (χ0v) is 20.0. The number of amides is 1. The molecule has 0 aliphatic rings. The van der Waals surface area contributed by atoms with Crippen LogP contribution >= 0.6 is 11.3 Å². The lowest BCUT2D eigenvalue weighted by Crippen LogP contribution is -2.18. The Morgan fingerprint density at radius 2 is 1.68 bits per heavy atom. The maximum atomic E-state index is 12.5. The van der Waals surface area contributed by atoms with Crippen LogP contribution < -0.4 is 4.80 Å². The molecule has 3 aromatic rings. The summed E-state index contributed by atoms with van der Waals surface area (Å²) in [5, 5.41) is 0. The summed E-state index contributed by atoms with van der Waals surface area (Å²) < 4.78 is 51.2. The number of aromatic nitrogens is 1. The molecule has 0 N–H and O–H groups in total. The molecule has 3 rings (SSSR count). The van der Waals surface area contributed by atoms with Crippen molar-refractivity contribution in [2.45, 2.75) is 43.0 Å². The average Bonchev–Trinajstić information content (AvgIpc) is 3.03. The zero-order valence-electron chi connectivity index (χ0n) is 17.5. The van der Waals surface area contributed by atoms with Crippen molar-refractivity contribution in [2.24, 2.45) is 4.99 Å². The van der Waals surface area contributed by atoms with Crippen LogP contribution in [0, 0.1) is 6.92 Å². The molecular weight excluding hydrogens is 456 g/mol. The van der Waals surface area contributed by atoms with E-state index in [4.69, 9.17) is 0 Å². The Morgan fingerprint density at radius 1 is 1.03 bits per heavy atom. The first-order valence-electron chi connectivity index (χ1n) is 9.71. The first-order valence-corrected chi connectivity index (χ1v) is 14.1. The van der Waals surface area contributed by atoms with Gasteiger partial charge in [-0.25, -0.2) is 16.8 Å². The van der Waals surface area contributed by atoms with Gasteiger partial charge >= 0.3 is 0 Å². The molecule has 0 unspecified atom stereocenters. The van der Waals surface area contributed by atoms with E-state index in [1.165, 1.54) is 29.5 Å². The van der Waals surface area contributed by atoms with Crippen molar-refractivity contribution in [2.75, 3.05) is 12.0 Å². The predicted octanol–water partition coefficient (Wildman–Crippen LogP) is 3.12. The number of sulfone groups is 2. The summed E-state index contributed by atoms with van der Waals surface area (Å²) in [6, 6.07) is 11.3. The molecular formula is C21H24N2O5S3. The van der Waals surface area contributed by atoms with Crippen molar-refractivity contribution in [1.82, 2.24) is 4.57 Å². The predicted molar refractivity (Wildman–Crippen MR) is 122 cm³/mol. The molecule has 1 aromatic heterocycles. The largest absolute Gasteiger partial charge is 0.316 e. The molecule has 0 saturated heterocycles. The van der Waals surface area contributed by atoms with Gasteiger partial charge in [-0.05, 0) is 43.7 Å². The molecule has 0 bridgehead atoms. The van der Waals surface area contributed by atoms with Crippen molar-refractivity contribution < 1.29 is 21.6 Å². The monoisotopic (exact) mass is 480 g/mol. The summed E-state index contributed by atoms with van der Waals surface area (Å²) in [4.78, 5) is 17.4. The third-order valence-electron chi connectivity index (χ3n) is 4.71. The fourth-order valence-electron chi connectivity index (χ4n) is 3.06. The van der Waals surface area contributed by atoms with E-state index in [1.54, 1.807) is 24.3 Å². The number of aryl methyl sites for hydroxylation is 2. The molecule has 0 spiro atoms. The average molecular weight is 481 g/mol. The van der Waals surface area contributed by atoms with E-state index in [0.717, 1.165) is 23.8 Å². The van der Waals surface area contributed by atoms with Gasteiger partial charge in [0.15, 0.2) is 24.5 Å². The smallest absolute Gasteiger partial charge is 0.249 e. The lowest BCUT2D eigenvalue weighted by Gasteiger charge is -2.04. The fraction of sp³-hybridized carbons (Fsp3) is 0.333. The number of benzene rings is 2. The molecule has 166 valence electrons. The van der Waals surface area contributed by atoms with Gasteiger partial charge < -0.3 is 4.57 Å². The number of fused-ring (bicyclic) bond motifs is 1. The quantitative estimate of drug-likeness (QED) is 0.517. The Bertz CT molecular complexity index is 1400. The Balaban J connectivity index is 1.90. The van der Waals surface area contributed by atoms with Gasteiger partial charge in [-0.2, -0.15) is 4.99 Å². The minimum absolute atomic E-state index is 0.183. The third kappa shape index (κ3) is 5.50. The van der Waals surface area contributed by atoms with Crippen molar-refractivity contribution in [1.29, 1.82) is 0 Å². The second-order valence-corrected chi connectivity index (χ2v) is 12.5. The standard InChI is InChI=1S/C21H24N2O5S3/c1-4-12-23-18-10-9-17(30(3,25)26)14-19(18)29-21(23)22-20(24)11-13-31(27,28)16-7-5-15(2)6-8-16/h5-10,14H,4,11-13H2,1-3H3. The highest BCUT2D eigenvalue weighted by Gasteiger charge is 2.17. The Labute approximate surface area is 185 Å². The van der Waals surface area contributed by atoms with Crippen LogP contribution in [-0.4, -0.2) is 39.3 Å². The van der Waals surface area contributed by atoms with E-state index < -0.39 is 25.6 Å². The summed E-state index contributed by atoms with van der Waals surface area (Å²) in [5.41, 5.74) is 1.74. The highest BCUT2D eigenvalue weighted by Crippen LogP contribution is 2.22. The zero-order chi connectivity index (χ0) is 22.8. The van der Waals surface area contributed by atoms with Crippen molar-refractivity contribution in [3.8, 4) is 0 Å². The molecule has 0 aliphatic heterocycles. The minimum atomic E-state index is -3.58. The molecule has 1 amide bonds. The highest BCUT2D eigenvalue weighted by molar-refractivity contribution is 7.91. The molecule has 2 aromatic carbocycles. The molecule has 31 heavy (non-hydrogen) atoms. The van der Waals surface area contributed by atoms with Gasteiger partial charge in [-0.1, -0.05) is 36.0 Å². The van der Waals surface area contributed by atoms with Gasteiger partial charge in [0, 0.05) is 19.2 Å². The van der Waals surface area contributed by atoms with E-state index in [2.05, 4.69) is 4.99 Å². The Kier molecular flexibility index (Phi) is 6.82. The molecule has 0 atom stereocenters. The van der Waals surface area contributed by atoms with Crippen molar-refractivity contribution in [3.05, 3.63) is 52.8 Å². The normalized spacial score (nSPS) is 13.1. The first kappa shape index (κ1) is 23.4. The summed E-state index contributed by atoms with van der Waals surface area (Å²) in [5.74, 6) is -0.856. The summed E-state index contributed by atoms with van der Waals surface area (Å²) in [6.07, 6.45) is 1.71. The Hall–Kier alpha value is -2.30. The van der Waals surface area contributed by atoms with Gasteiger partial charge in [-0.3, -0.25) is 4.79 Å². The van der Waals surface area contributed by atoms with Crippen LogP contribution in [0.15, 0.2) is 57.2 Å². The van der Waals surface area contributed by atoms with Crippen LogP contribution in [0.1, 0.15) is 25.3 Å². The van der Waals surface area contributed by atoms with Crippen LogP contribution in [-0.2, 0) is 31.0 Å². The molecule has 0 radical (unpaired) electrons. The number of hydrogen-bond acceptors (Lipinski definition) is 6. The topological polar surface area (TPSA) is 103 Å². The number of hydrogen-bond donors (Lipinski definition) is 0. The number of carbonyl (C=O) groups is 1. The summed E-state index contributed by atoms with van der Waals surface area (Å²) in [6.45, 7) is 4.46. The van der Waals surface area contributed by atoms with Gasteiger partial charge in [0.25, 0.3) is 0 Å². The van der Waals surface area contributed by atoms with Gasteiger partial charge in [-0.15, -0.1) is 0 Å². The Morgan fingerprint density at radius 3 is 2.29 bits per heavy atom. The van der Waals surface area contributed by atoms with Crippen LogP contribution in [0.5, 0.6) is 0 Å². The second-order valence-electron chi connectivity index (χ2n) is 7.33. The van der Waals surface area contributed by atoms with Crippen LogP contribution in [0.25, 0.3) is 10.2 Å². The third-order valence-corrected chi connectivity index (χ3v) is 8.60. The maximum Gasteiger partial charge on any atom is 0.249 e. The van der Waals surface area contributed by atoms with Gasteiger partial charge in [0.05, 0.1) is 25.8 Å². The van der Waals surface area contributed by atoms with Gasteiger partial charge in [0.1, 0.15) is 0 Å². The molecule has 10 heteroatoms.